The van der Waals surface area contributed by atoms with E-state index in [1.54, 1.807) is 0 Å². The molecule has 0 saturated heterocycles. The number of hydrogen-bond acceptors (Lipinski definition) is 4. The fourth-order valence-electron chi connectivity index (χ4n) is 2.42. The Labute approximate surface area is 142 Å². The van der Waals surface area contributed by atoms with E-state index in [2.05, 4.69) is 15.3 Å². The van der Waals surface area contributed by atoms with Crippen LogP contribution in [-0.2, 0) is 0 Å². The van der Waals surface area contributed by atoms with Gasteiger partial charge in [0, 0.05) is 12.0 Å². The van der Waals surface area contributed by atoms with Gasteiger partial charge in [-0.3, -0.25) is 9.89 Å². The van der Waals surface area contributed by atoms with Crippen LogP contribution in [-0.4, -0.2) is 50.5 Å². The average molecular weight is 374 g/mol. The Bertz CT molecular complexity index is 852. The summed E-state index contributed by atoms with van der Waals surface area (Å²) >= 11 is 0. The van der Waals surface area contributed by atoms with Gasteiger partial charge in [0.05, 0.1) is 5.69 Å². The summed E-state index contributed by atoms with van der Waals surface area (Å²) in [5.41, 5.74) is -3.96. The van der Waals surface area contributed by atoms with Crippen molar-refractivity contribution in [1.82, 2.24) is 15.2 Å². The minimum absolute atomic E-state index is 0.0683. The number of amides is 1. The first kappa shape index (κ1) is 18.0. The lowest BCUT2D eigenvalue weighted by atomic mass is 10.1. The molecule has 1 aliphatic heterocycles. The van der Waals surface area contributed by atoms with Crippen LogP contribution in [0.1, 0.15) is 16.9 Å². The second kappa shape index (κ2) is 6.48. The molecule has 1 aromatic carbocycles. The number of aliphatic hydroxyl groups is 1. The van der Waals surface area contributed by atoms with E-state index in [0.29, 0.717) is 5.56 Å². The smallest absolute Gasteiger partial charge is 0.294 e. The van der Waals surface area contributed by atoms with Gasteiger partial charge in [-0.05, 0) is 30.3 Å². The number of benzene rings is 1. The van der Waals surface area contributed by atoms with Crippen molar-refractivity contribution < 1.29 is 31.9 Å². The third-order valence-corrected chi connectivity index (χ3v) is 3.78. The first-order chi connectivity index (χ1) is 12.2. The molecular weight excluding hydrogens is 363 g/mol. The first-order valence-corrected chi connectivity index (χ1v) is 7.24. The van der Waals surface area contributed by atoms with Gasteiger partial charge in [-0.2, -0.15) is 15.2 Å². The number of carbonyl (C=O) groups is 1. The molecule has 11 heteroatoms. The van der Waals surface area contributed by atoms with Crippen molar-refractivity contribution in [2.45, 2.75) is 25.0 Å². The van der Waals surface area contributed by atoms with Crippen LogP contribution in [0.2, 0.25) is 0 Å². The molecule has 3 rings (SSSR count). The van der Waals surface area contributed by atoms with Gasteiger partial charge in [0.25, 0.3) is 18.8 Å². The number of nitrogens with zero attached hydrogens (tertiary/aromatic N) is 3. The van der Waals surface area contributed by atoms with Crippen molar-refractivity contribution in [3.8, 4) is 11.3 Å². The van der Waals surface area contributed by atoms with E-state index >= 15 is 0 Å². The van der Waals surface area contributed by atoms with Crippen LogP contribution in [0.3, 0.4) is 0 Å². The lowest BCUT2D eigenvalue weighted by Gasteiger charge is -2.29. The Morgan fingerprint density at radius 1 is 1.23 bits per heavy atom. The number of H-pyrrole nitrogens is 1. The van der Waals surface area contributed by atoms with Crippen molar-refractivity contribution in [2.24, 2.45) is 5.10 Å². The molecule has 2 N–H and O–H groups in total. The van der Waals surface area contributed by atoms with Crippen LogP contribution in [0.25, 0.3) is 11.3 Å². The molecule has 0 bridgehead atoms. The standard InChI is InChI=1S/C15H11F5N4O2/c16-8-3-1-7(2-4-8)9-5-10(22-21-9)13(25)24-15(26,14(19)20)6-11(23-24)12(17)18/h1-5,12,14,26H,6H2,(H,21,22). The lowest BCUT2D eigenvalue weighted by molar-refractivity contribution is -0.164. The summed E-state index contributed by atoms with van der Waals surface area (Å²) in [6, 6.07) is 6.20. The third kappa shape index (κ3) is 3.05. The molecule has 0 aliphatic carbocycles. The van der Waals surface area contributed by atoms with E-state index < -0.39 is 42.4 Å². The summed E-state index contributed by atoms with van der Waals surface area (Å²) in [5, 5.41) is 19.1. The van der Waals surface area contributed by atoms with Crippen molar-refractivity contribution in [3.05, 3.63) is 41.8 Å². The fraction of sp³-hybridized carbons (Fsp3) is 0.267. The molecule has 0 fully saturated rings. The molecule has 1 aliphatic rings. The normalized spacial score (nSPS) is 20.2. The van der Waals surface area contributed by atoms with Crippen molar-refractivity contribution in [2.75, 3.05) is 0 Å². The molecule has 2 heterocycles. The van der Waals surface area contributed by atoms with Crippen molar-refractivity contribution >= 4 is 11.6 Å². The number of hydrogen-bond donors (Lipinski definition) is 2. The quantitative estimate of drug-likeness (QED) is 0.808. The molecule has 1 atom stereocenters. The van der Waals surface area contributed by atoms with E-state index in [-0.39, 0.29) is 16.4 Å². The van der Waals surface area contributed by atoms with Gasteiger partial charge in [-0.25, -0.2) is 22.0 Å². The highest BCUT2D eigenvalue weighted by molar-refractivity contribution is 5.98. The number of aromatic nitrogens is 2. The Hall–Kier alpha value is -2.82. The molecule has 1 aromatic heterocycles. The molecule has 2 aromatic rings. The maximum Gasteiger partial charge on any atom is 0.294 e. The van der Waals surface area contributed by atoms with Gasteiger partial charge in [-0.15, -0.1) is 0 Å². The van der Waals surface area contributed by atoms with E-state index in [1.807, 2.05) is 0 Å². The predicted octanol–water partition coefficient (Wildman–Crippen LogP) is 2.64. The number of alkyl halides is 4. The van der Waals surface area contributed by atoms with E-state index in [1.165, 1.54) is 12.1 Å². The Morgan fingerprint density at radius 3 is 2.46 bits per heavy atom. The van der Waals surface area contributed by atoms with Crippen LogP contribution >= 0.6 is 0 Å². The highest BCUT2D eigenvalue weighted by atomic mass is 19.3. The van der Waals surface area contributed by atoms with Crippen LogP contribution in [0, 0.1) is 5.82 Å². The molecule has 1 amide bonds. The predicted molar refractivity (Wildman–Crippen MR) is 79.2 cm³/mol. The third-order valence-electron chi connectivity index (χ3n) is 3.78. The molecule has 26 heavy (non-hydrogen) atoms. The molecule has 6 nitrogen and oxygen atoms in total. The summed E-state index contributed by atoms with van der Waals surface area (Å²) in [6.07, 6.45) is -7.90. The van der Waals surface area contributed by atoms with Crippen molar-refractivity contribution in [1.29, 1.82) is 0 Å². The highest BCUT2D eigenvalue weighted by Crippen LogP contribution is 2.34. The van der Waals surface area contributed by atoms with Gasteiger partial charge in [0.2, 0.25) is 5.72 Å². The highest BCUT2D eigenvalue weighted by Gasteiger charge is 2.53. The Morgan fingerprint density at radius 2 is 1.88 bits per heavy atom. The van der Waals surface area contributed by atoms with Gasteiger partial charge in [0.15, 0.2) is 0 Å². The SMILES string of the molecule is O=C(c1cc(-c2ccc(F)cc2)n[nH]1)N1N=C(C(F)F)CC1(O)C(F)F. The zero-order valence-corrected chi connectivity index (χ0v) is 12.8. The van der Waals surface area contributed by atoms with Crippen LogP contribution in [0.5, 0.6) is 0 Å². The zero-order valence-electron chi connectivity index (χ0n) is 12.8. The zero-order chi connectivity index (χ0) is 19.1. The van der Waals surface area contributed by atoms with E-state index in [4.69, 9.17) is 0 Å². The van der Waals surface area contributed by atoms with Gasteiger partial charge in [0.1, 0.15) is 17.2 Å². The minimum atomic E-state index is -3.52. The molecule has 138 valence electrons. The fourth-order valence-corrected chi connectivity index (χ4v) is 2.42. The first-order valence-electron chi connectivity index (χ1n) is 7.24. The summed E-state index contributed by atoms with van der Waals surface area (Å²) in [5.74, 6) is -1.75. The van der Waals surface area contributed by atoms with Crippen LogP contribution in [0.4, 0.5) is 22.0 Å². The number of aromatic amines is 1. The Kier molecular flexibility index (Phi) is 4.48. The summed E-state index contributed by atoms with van der Waals surface area (Å²) in [4.78, 5) is 12.4. The van der Waals surface area contributed by atoms with Gasteiger partial charge < -0.3 is 5.11 Å². The number of hydrazone groups is 1. The molecule has 0 radical (unpaired) electrons. The lowest BCUT2D eigenvalue weighted by Crippen LogP contribution is -2.51. The van der Waals surface area contributed by atoms with E-state index in [9.17, 15) is 31.9 Å². The second-order valence-corrected chi connectivity index (χ2v) is 5.54. The second-order valence-electron chi connectivity index (χ2n) is 5.54. The topological polar surface area (TPSA) is 81.6 Å². The average Bonchev–Trinajstić information content (AvgIpc) is 3.21. The summed E-state index contributed by atoms with van der Waals surface area (Å²) in [7, 11) is 0. The summed E-state index contributed by atoms with van der Waals surface area (Å²) < 4.78 is 64.8. The van der Waals surface area contributed by atoms with Gasteiger partial charge in [-0.1, -0.05) is 0 Å². The number of nitrogens with one attached hydrogen (secondary N) is 1. The summed E-state index contributed by atoms with van der Waals surface area (Å²) in [6.45, 7) is 0. The number of halogens is 5. The van der Waals surface area contributed by atoms with Crippen LogP contribution in [0.15, 0.2) is 35.4 Å². The molecule has 0 saturated carbocycles. The Balaban J connectivity index is 1.91. The monoisotopic (exact) mass is 374 g/mol. The molecule has 0 spiro atoms. The van der Waals surface area contributed by atoms with Crippen molar-refractivity contribution in [3.63, 3.8) is 0 Å². The van der Waals surface area contributed by atoms with Crippen LogP contribution < -0.4 is 0 Å². The molecular formula is C15H11F5N4O2. The van der Waals surface area contributed by atoms with E-state index in [0.717, 1.165) is 18.2 Å². The van der Waals surface area contributed by atoms with Gasteiger partial charge >= 0.3 is 0 Å². The molecule has 1 unspecified atom stereocenters. The number of rotatable bonds is 4. The maximum absolute atomic E-state index is 13.2. The number of carbonyl (C=O) groups excluding carboxylic acids is 1. The maximum atomic E-state index is 13.2. The minimum Gasteiger partial charge on any atom is -0.364 e. The largest absolute Gasteiger partial charge is 0.364 e.